The third-order valence-electron chi connectivity index (χ3n) is 3.33. The molecular weight excluding hydrogens is 272 g/mol. The van der Waals surface area contributed by atoms with Gasteiger partial charge in [-0.2, -0.15) is 0 Å². The average Bonchev–Trinajstić information content (AvgIpc) is 2.33. The number of halogens is 1. The second kappa shape index (κ2) is 7.65. The molecule has 2 unspecified atom stereocenters. The normalized spacial score (nSPS) is 14.1. The van der Waals surface area contributed by atoms with E-state index < -0.39 is 0 Å². The van der Waals surface area contributed by atoms with Crippen molar-refractivity contribution < 1.29 is 4.79 Å². The monoisotopic (exact) mass is 298 g/mol. The lowest BCUT2D eigenvalue weighted by molar-refractivity contribution is -0.125. The van der Waals surface area contributed by atoms with Crippen LogP contribution in [0.3, 0.4) is 0 Å². The van der Waals surface area contributed by atoms with Crippen molar-refractivity contribution in [2.75, 3.05) is 6.54 Å². The van der Waals surface area contributed by atoms with Crippen molar-refractivity contribution >= 4 is 18.3 Å². The van der Waals surface area contributed by atoms with Gasteiger partial charge in [-0.25, -0.2) is 0 Å². The summed E-state index contributed by atoms with van der Waals surface area (Å²) in [6.07, 6.45) is 0. The topological polar surface area (TPSA) is 55.1 Å². The number of carbonyl (C=O) groups is 1. The molecular formula is C16H27ClN2O. The van der Waals surface area contributed by atoms with E-state index in [-0.39, 0.29) is 35.7 Å². The summed E-state index contributed by atoms with van der Waals surface area (Å²) in [5.41, 5.74) is 7.86. The van der Waals surface area contributed by atoms with Gasteiger partial charge in [-0.1, -0.05) is 57.5 Å². The van der Waals surface area contributed by atoms with E-state index in [0.717, 1.165) is 5.56 Å². The van der Waals surface area contributed by atoms with Crippen molar-refractivity contribution in [1.82, 2.24) is 5.32 Å². The molecule has 20 heavy (non-hydrogen) atoms. The van der Waals surface area contributed by atoms with Gasteiger partial charge in [0, 0.05) is 12.5 Å². The first kappa shape index (κ1) is 18.9. The number of carbonyl (C=O) groups excluding carboxylic acids is 1. The van der Waals surface area contributed by atoms with Crippen LogP contribution in [0, 0.1) is 18.3 Å². The summed E-state index contributed by atoms with van der Waals surface area (Å²) in [6.45, 7) is 10.7. The van der Waals surface area contributed by atoms with Crippen LogP contribution in [0.15, 0.2) is 24.3 Å². The quantitative estimate of drug-likeness (QED) is 0.897. The zero-order valence-electron chi connectivity index (χ0n) is 13.1. The largest absolute Gasteiger partial charge is 0.348 e. The van der Waals surface area contributed by atoms with E-state index in [2.05, 4.69) is 51.2 Å². The lowest BCUT2D eigenvalue weighted by Crippen LogP contribution is -2.41. The van der Waals surface area contributed by atoms with Gasteiger partial charge in [-0.3, -0.25) is 4.79 Å². The molecule has 2 atom stereocenters. The molecule has 1 aromatic carbocycles. The van der Waals surface area contributed by atoms with Crippen LogP contribution >= 0.6 is 12.4 Å². The molecule has 114 valence electrons. The smallest absolute Gasteiger partial charge is 0.224 e. The number of hydrogen-bond donors (Lipinski definition) is 2. The fourth-order valence-electron chi connectivity index (χ4n) is 2.04. The Labute approximate surface area is 128 Å². The van der Waals surface area contributed by atoms with Crippen molar-refractivity contribution in [3.8, 4) is 0 Å². The predicted octanol–water partition coefficient (Wildman–Crippen LogP) is 3.22. The van der Waals surface area contributed by atoms with Crippen LogP contribution in [0.2, 0.25) is 0 Å². The molecule has 3 N–H and O–H groups in total. The van der Waals surface area contributed by atoms with Crippen molar-refractivity contribution in [3.05, 3.63) is 35.4 Å². The predicted molar refractivity (Wildman–Crippen MR) is 87.0 cm³/mol. The number of benzene rings is 1. The van der Waals surface area contributed by atoms with Crippen LogP contribution in [0.25, 0.3) is 0 Å². The van der Waals surface area contributed by atoms with Gasteiger partial charge in [0.2, 0.25) is 5.91 Å². The van der Waals surface area contributed by atoms with Gasteiger partial charge in [0.1, 0.15) is 0 Å². The molecule has 1 amide bonds. The van der Waals surface area contributed by atoms with Crippen LogP contribution in [0.4, 0.5) is 0 Å². The Balaban J connectivity index is 0.00000361. The van der Waals surface area contributed by atoms with Gasteiger partial charge < -0.3 is 11.1 Å². The summed E-state index contributed by atoms with van der Waals surface area (Å²) in [4.78, 5) is 12.1. The molecule has 0 saturated heterocycles. The van der Waals surface area contributed by atoms with E-state index in [0.29, 0.717) is 6.54 Å². The van der Waals surface area contributed by atoms with Crippen molar-refractivity contribution in [1.29, 1.82) is 0 Å². The molecule has 1 rings (SSSR count). The summed E-state index contributed by atoms with van der Waals surface area (Å²) >= 11 is 0. The first-order valence-corrected chi connectivity index (χ1v) is 6.82. The standard InChI is InChI=1S/C16H26N2O.ClH/c1-11-7-6-8-13(9-11)14(16(3,4)5)18-15(19)12(2)10-17;/h6-9,12,14H,10,17H2,1-5H3,(H,18,19);1H. The Morgan fingerprint density at radius 3 is 2.40 bits per heavy atom. The molecule has 0 aromatic heterocycles. The van der Waals surface area contributed by atoms with Gasteiger partial charge in [0.25, 0.3) is 0 Å². The Hall–Kier alpha value is -1.06. The number of nitrogens with two attached hydrogens (primary N) is 1. The summed E-state index contributed by atoms with van der Waals surface area (Å²) in [5, 5.41) is 3.13. The SMILES string of the molecule is Cc1cccc(C(NC(=O)C(C)CN)C(C)(C)C)c1.Cl. The van der Waals surface area contributed by atoms with Crippen molar-refractivity contribution in [2.24, 2.45) is 17.1 Å². The van der Waals surface area contributed by atoms with E-state index in [4.69, 9.17) is 5.73 Å². The second-order valence-corrected chi connectivity index (χ2v) is 6.36. The molecule has 0 bridgehead atoms. The molecule has 0 saturated carbocycles. The first-order chi connectivity index (χ1) is 8.75. The lowest BCUT2D eigenvalue weighted by atomic mass is 9.81. The van der Waals surface area contributed by atoms with E-state index in [1.54, 1.807) is 0 Å². The molecule has 0 spiro atoms. The highest BCUT2D eigenvalue weighted by Gasteiger charge is 2.28. The van der Waals surface area contributed by atoms with Crippen LogP contribution < -0.4 is 11.1 Å². The molecule has 4 heteroatoms. The van der Waals surface area contributed by atoms with Crippen LogP contribution in [0.1, 0.15) is 44.9 Å². The third-order valence-corrected chi connectivity index (χ3v) is 3.33. The minimum atomic E-state index is -0.158. The van der Waals surface area contributed by atoms with E-state index in [1.165, 1.54) is 5.56 Å². The van der Waals surface area contributed by atoms with Crippen LogP contribution in [-0.2, 0) is 4.79 Å². The minimum Gasteiger partial charge on any atom is -0.348 e. The van der Waals surface area contributed by atoms with E-state index in [1.807, 2.05) is 13.0 Å². The van der Waals surface area contributed by atoms with Crippen molar-refractivity contribution in [3.63, 3.8) is 0 Å². The van der Waals surface area contributed by atoms with Gasteiger partial charge >= 0.3 is 0 Å². The number of amides is 1. The fourth-order valence-corrected chi connectivity index (χ4v) is 2.04. The van der Waals surface area contributed by atoms with Crippen LogP contribution in [-0.4, -0.2) is 12.5 Å². The minimum absolute atomic E-state index is 0. The van der Waals surface area contributed by atoms with Gasteiger partial charge in [-0.15, -0.1) is 12.4 Å². The van der Waals surface area contributed by atoms with E-state index in [9.17, 15) is 4.79 Å². The van der Waals surface area contributed by atoms with Gasteiger partial charge in [0.15, 0.2) is 0 Å². The van der Waals surface area contributed by atoms with E-state index >= 15 is 0 Å². The maximum atomic E-state index is 12.1. The highest BCUT2D eigenvalue weighted by Crippen LogP contribution is 2.33. The first-order valence-electron chi connectivity index (χ1n) is 6.82. The van der Waals surface area contributed by atoms with Gasteiger partial charge in [-0.05, 0) is 17.9 Å². The average molecular weight is 299 g/mol. The Morgan fingerprint density at radius 1 is 1.35 bits per heavy atom. The second-order valence-electron chi connectivity index (χ2n) is 6.36. The Kier molecular flexibility index (Phi) is 7.25. The fraction of sp³-hybridized carbons (Fsp3) is 0.562. The molecule has 0 aliphatic heterocycles. The Bertz CT molecular complexity index is 440. The lowest BCUT2D eigenvalue weighted by Gasteiger charge is -2.33. The summed E-state index contributed by atoms with van der Waals surface area (Å²) in [7, 11) is 0. The van der Waals surface area contributed by atoms with Gasteiger partial charge in [0.05, 0.1) is 6.04 Å². The molecule has 3 nitrogen and oxygen atoms in total. The maximum Gasteiger partial charge on any atom is 0.224 e. The number of rotatable bonds is 4. The number of aryl methyl sites for hydroxylation is 1. The molecule has 0 heterocycles. The highest BCUT2D eigenvalue weighted by molar-refractivity contribution is 5.85. The third kappa shape index (κ3) is 5.14. The Morgan fingerprint density at radius 2 is 1.95 bits per heavy atom. The molecule has 0 fully saturated rings. The number of nitrogens with one attached hydrogen (secondary N) is 1. The number of hydrogen-bond acceptors (Lipinski definition) is 2. The molecule has 0 aliphatic rings. The molecule has 1 aromatic rings. The highest BCUT2D eigenvalue weighted by atomic mass is 35.5. The molecule has 0 radical (unpaired) electrons. The zero-order chi connectivity index (χ0) is 14.6. The van der Waals surface area contributed by atoms with Crippen LogP contribution in [0.5, 0.6) is 0 Å². The van der Waals surface area contributed by atoms with Crippen molar-refractivity contribution in [2.45, 2.75) is 40.7 Å². The summed E-state index contributed by atoms with van der Waals surface area (Å²) in [5.74, 6) is -0.140. The zero-order valence-corrected chi connectivity index (χ0v) is 13.9. The molecule has 0 aliphatic carbocycles. The summed E-state index contributed by atoms with van der Waals surface area (Å²) < 4.78 is 0. The summed E-state index contributed by atoms with van der Waals surface area (Å²) in [6, 6.07) is 8.28. The maximum absolute atomic E-state index is 12.1.